The minimum Gasteiger partial charge on any atom is -0.396 e. The highest BCUT2D eigenvalue weighted by Gasteiger charge is 2.23. The molecule has 2 N–H and O–H groups in total. The van der Waals surface area contributed by atoms with Gasteiger partial charge in [-0.1, -0.05) is 0 Å². The van der Waals surface area contributed by atoms with Crippen LogP contribution in [-0.2, 0) is 6.54 Å². The Balaban J connectivity index is 2.45. The number of hydrogen-bond acceptors (Lipinski definition) is 3. The second kappa shape index (κ2) is 2.48. The Bertz CT molecular complexity index is 291. The van der Waals surface area contributed by atoms with Crippen LogP contribution in [0.1, 0.15) is 18.7 Å². The predicted octanol–water partition coefficient (Wildman–Crippen LogP) is 0.472. The average molecular weight is 166 g/mol. The smallest absolute Gasteiger partial charge is 0.0782 e. The number of likely N-dealkylation sites (N-methyl/N-ethyl adjacent to an activating group) is 1. The van der Waals surface area contributed by atoms with Crippen LogP contribution in [0.4, 0.5) is 5.69 Å². The summed E-state index contributed by atoms with van der Waals surface area (Å²) >= 11 is 0. The van der Waals surface area contributed by atoms with E-state index >= 15 is 0 Å². The monoisotopic (exact) mass is 166 g/mol. The molecular formula is C8H14N4. The number of aromatic nitrogens is 2. The number of anilines is 1. The molecule has 2 rings (SSSR count). The number of hydrogen-bond donors (Lipinski definition) is 1. The van der Waals surface area contributed by atoms with Crippen molar-refractivity contribution >= 4 is 5.69 Å². The van der Waals surface area contributed by atoms with Crippen molar-refractivity contribution in [1.29, 1.82) is 0 Å². The highest BCUT2D eigenvalue weighted by Crippen LogP contribution is 2.27. The summed E-state index contributed by atoms with van der Waals surface area (Å²) in [5.41, 5.74) is 7.77. The molecule has 0 unspecified atom stereocenters. The zero-order valence-electron chi connectivity index (χ0n) is 7.49. The molecule has 0 aromatic carbocycles. The van der Waals surface area contributed by atoms with Crippen molar-refractivity contribution in [2.75, 3.05) is 19.3 Å². The lowest BCUT2D eigenvalue weighted by Crippen LogP contribution is -2.34. The van der Waals surface area contributed by atoms with Gasteiger partial charge in [0.05, 0.1) is 30.2 Å². The van der Waals surface area contributed by atoms with Gasteiger partial charge in [0.15, 0.2) is 0 Å². The zero-order chi connectivity index (χ0) is 8.72. The molecule has 66 valence electrons. The van der Waals surface area contributed by atoms with Gasteiger partial charge in [-0.2, -0.15) is 5.10 Å². The molecule has 0 amide bonds. The quantitative estimate of drug-likeness (QED) is 0.609. The fraction of sp³-hybridized carbons (Fsp3) is 0.625. The number of nitrogens with zero attached hydrogens (tertiary/aromatic N) is 3. The molecule has 2 heterocycles. The first-order valence-corrected chi connectivity index (χ1v) is 4.21. The van der Waals surface area contributed by atoms with Gasteiger partial charge in [0, 0.05) is 6.54 Å². The molecule has 1 atom stereocenters. The summed E-state index contributed by atoms with van der Waals surface area (Å²) in [7, 11) is 2.11. The van der Waals surface area contributed by atoms with E-state index in [0.717, 1.165) is 24.5 Å². The van der Waals surface area contributed by atoms with Crippen molar-refractivity contribution in [3.8, 4) is 0 Å². The number of nitrogen functional groups attached to an aromatic ring is 1. The molecule has 0 spiro atoms. The number of nitrogens with two attached hydrogens (primary N) is 1. The van der Waals surface area contributed by atoms with E-state index in [1.807, 2.05) is 4.68 Å². The van der Waals surface area contributed by atoms with Gasteiger partial charge in [0.1, 0.15) is 0 Å². The van der Waals surface area contributed by atoms with Crippen LogP contribution < -0.4 is 5.73 Å². The van der Waals surface area contributed by atoms with Crippen molar-refractivity contribution in [3.63, 3.8) is 0 Å². The summed E-state index contributed by atoms with van der Waals surface area (Å²) in [5.74, 6) is 0. The SMILES string of the molecule is C[C@@H]1c2c(N)cnn2CCN1C. The number of fused-ring (bicyclic) bond motifs is 1. The van der Waals surface area contributed by atoms with E-state index in [2.05, 4.69) is 24.0 Å². The van der Waals surface area contributed by atoms with E-state index < -0.39 is 0 Å². The highest BCUT2D eigenvalue weighted by molar-refractivity contribution is 5.43. The molecule has 1 aliphatic heterocycles. The Labute approximate surface area is 72.0 Å². The molecule has 0 saturated heterocycles. The molecule has 0 fully saturated rings. The fourth-order valence-corrected chi connectivity index (χ4v) is 1.70. The van der Waals surface area contributed by atoms with Crippen LogP contribution in [0.2, 0.25) is 0 Å². The molecule has 4 heteroatoms. The minimum absolute atomic E-state index is 0.390. The Morgan fingerprint density at radius 3 is 3.08 bits per heavy atom. The van der Waals surface area contributed by atoms with Crippen LogP contribution in [0.5, 0.6) is 0 Å². The Kier molecular flexibility index (Phi) is 1.58. The maximum Gasteiger partial charge on any atom is 0.0782 e. The lowest BCUT2D eigenvalue weighted by Gasteiger charge is -2.30. The first-order valence-electron chi connectivity index (χ1n) is 4.21. The molecule has 1 aliphatic rings. The van der Waals surface area contributed by atoms with Crippen molar-refractivity contribution in [1.82, 2.24) is 14.7 Å². The largest absolute Gasteiger partial charge is 0.396 e. The fourth-order valence-electron chi connectivity index (χ4n) is 1.70. The van der Waals surface area contributed by atoms with E-state index in [4.69, 9.17) is 5.73 Å². The molecule has 0 aliphatic carbocycles. The van der Waals surface area contributed by atoms with E-state index in [1.165, 1.54) is 0 Å². The lowest BCUT2D eigenvalue weighted by atomic mass is 10.1. The first-order chi connectivity index (χ1) is 5.70. The Morgan fingerprint density at radius 2 is 2.33 bits per heavy atom. The van der Waals surface area contributed by atoms with Gasteiger partial charge in [0.25, 0.3) is 0 Å². The molecular weight excluding hydrogens is 152 g/mol. The molecule has 1 aromatic heterocycles. The van der Waals surface area contributed by atoms with Gasteiger partial charge in [-0.25, -0.2) is 0 Å². The van der Waals surface area contributed by atoms with E-state index in [-0.39, 0.29) is 0 Å². The second-order valence-electron chi connectivity index (χ2n) is 3.36. The van der Waals surface area contributed by atoms with Crippen LogP contribution in [0.25, 0.3) is 0 Å². The minimum atomic E-state index is 0.390. The summed E-state index contributed by atoms with van der Waals surface area (Å²) in [6.07, 6.45) is 1.74. The summed E-state index contributed by atoms with van der Waals surface area (Å²) in [5, 5.41) is 4.21. The second-order valence-corrected chi connectivity index (χ2v) is 3.36. The third-order valence-corrected chi connectivity index (χ3v) is 2.63. The molecule has 12 heavy (non-hydrogen) atoms. The lowest BCUT2D eigenvalue weighted by molar-refractivity contribution is 0.203. The third-order valence-electron chi connectivity index (χ3n) is 2.63. The summed E-state index contributed by atoms with van der Waals surface area (Å²) in [6, 6.07) is 0.390. The molecule has 0 bridgehead atoms. The Hall–Kier alpha value is -1.03. The van der Waals surface area contributed by atoms with Crippen LogP contribution in [0, 0.1) is 0 Å². The molecule has 1 aromatic rings. The number of rotatable bonds is 0. The van der Waals surface area contributed by atoms with Gasteiger partial charge < -0.3 is 5.73 Å². The van der Waals surface area contributed by atoms with Gasteiger partial charge in [-0.05, 0) is 14.0 Å². The van der Waals surface area contributed by atoms with Crippen molar-refractivity contribution < 1.29 is 0 Å². The standard InChI is InChI=1S/C8H14N4/c1-6-8-7(9)5-10-12(8)4-3-11(6)2/h5-6H,3-4,9H2,1-2H3/t6-/m1/s1. The normalized spacial score (nSPS) is 24.0. The highest BCUT2D eigenvalue weighted by atomic mass is 15.3. The van der Waals surface area contributed by atoms with Gasteiger partial charge in [-0.3, -0.25) is 9.58 Å². The maximum atomic E-state index is 5.80. The third kappa shape index (κ3) is 0.914. The van der Waals surface area contributed by atoms with Gasteiger partial charge >= 0.3 is 0 Å². The average Bonchev–Trinajstić information content (AvgIpc) is 2.41. The van der Waals surface area contributed by atoms with E-state index in [0.29, 0.717) is 6.04 Å². The summed E-state index contributed by atoms with van der Waals surface area (Å²) < 4.78 is 2.00. The van der Waals surface area contributed by atoms with Crippen molar-refractivity contribution in [2.24, 2.45) is 0 Å². The van der Waals surface area contributed by atoms with E-state index in [9.17, 15) is 0 Å². The first kappa shape index (κ1) is 7.61. The van der Waals surface area contributed by atoms with Crippen LogP contribution >= 0.6 is 0 Å². The summed E-state index contributed by atoms with van der Waals surface area (Å²) in [4.78, 5) is 2.29. The van der Waals surface area contributed by atoms with Gasteiger partial charge in [0.2, 0.25) is 0 Å². The maximum absolute atomic E-state index is 5.80. The Morgan fingerprint density at radius 1 is 1.58 bits per heavy atom. The van der Waals surface area contributed by atoms with Crippen LogP contribution in [-0.4, -0.2) is 28.3 Å². The predicted molar refractivity (Wildman–Crippen MR) is 47.7 cm³/mol. The van der Waals surface area contributed by atoms with E-state index in [1.54, 1.807) is 6.20 Å². The van der Waals surface area contributed by atoms with Crippen LogP contribution in [0.3, 0.4) is 0 Å². The molecule has 0 saturated carbocycles. The molecule has 0 radical (unpaired) electrons. The van der Waals surface area contributed by atoms with Crippen molar-refractivity contribution in [3.05, 3.63) is 11.9 Å². The zero-order valence-corrected chi connectivity index (χ0v) is 7.49. The van der Waals surface area contributed by atoms with Crippen molar-refractivity contribution in [2.45, 2.75) is 19.5 Å². The topological polar surface area (TPSA) is 47.1 Å². The van der Waals surface area contributed by atoms with Gasteiger partial charge in [-0.15, -0.1) is 0 Å². The molecule has 4 nitrogen and oxygen atoms in total. The summed E-state index contributed by atoms with van der Waals surface area (Å²) in [6.45, 7) is 4.16. The van der Waals surface area contributed by atoms with Crippen LogP contribution in [0.15, 0.2) is 6.20 Å².